The molecule has 0 heterocycles. The van der Waals surface area contributed by atoms with E-state index in [1.54, 1.807) is 0 Å². The summed E-state index contributed by atoms with van der Waals surface area (Å²) >= 11 is 1.91. The lowest BCUT2D eigenvalue weighted by Crippen LogP contribution is -2.39. The van der Waals surface area contributed by atoms with E-state index in [4.69, 9.17) is 0 Å². The zero-order valence-electron chi connectivity index (χ0n) is 9.01. The second-order valence-corrected chi connectivity index (χ2v) is 4.85. The third-order valence-corrected chi connectivity index (χ3v) is 3.71. The molecule has 0 bridgehead atoms. The molecule has 2 N–H and O–H groups in total. The Morgan fingerprint density at radius 1 is 1.50 bits per heavy atom. The third-order valence-electron chi connectivity index (χ3n) is 2.62. The van der Waals surface area contributed by atoms with E-state index in [9.17, 15) is 4.79 Å². The quantitative estimate of drug-likeness (QED) is 0.720. The lowest BCUT2D eigenvalue weighted by molar-refractivity contribution is -0.120. The fourth-order valence-electron chi connectivity index (χ4n) is 1.80. The highest BCUT2D eigenvalue weighted by molar-refractivity contribution is 7.99. The summed E-state index contributed by atoms with van der Waals surface area (Å²) in [5.41, 5.74) is 0. The Morgan fingerprint density at radius 2 is 2.29 bits per heavy atom. The Kier molecular flexibility index (Phi) is 5.33. The van der Waals surface area contributed by atoms with E-state index in [0.29, 0.717) is 12.6 Å². The van der Waals surface area contributed by atoms with Crippen molar-refractivity contribution in [2.45, 2.75) is 37.5 Å². The van der Waals surface area contributed by atoms with Crippen LogP contribution in [0.2, 0.25) is 0 Å². The van der Waals surface area contributed by atoms with Crippen LogP contribution in [0.5, 0.6) is 0 Å². The van der Waals surface area contributed by atoms with Crippen LogP contribution in [-0.4, -0.2) is 36.5 Å². The van der Waals surface area contributed by atoms with Crippen molar-refractivity contribution in [1.29, 1.82) is 0 Å². The predicted octanol–water partition coefficient (Wildman–Crippen LogP) is 0.996. The average molecular weight is 216 g/mol. The number of amides is 1. The summed E-state index contributed by atoms with van der Waals surface area (Å²) < 4.78 is 0. The first-order valence-corrected chi connectivity index (χ1v) is 6.58. The summed E-state index contributed by atoms with van der Waals surface area (Å²) in [5, 5.41) is 6.84. The fourth-order valence-corrected chi connectivity index (χ4v) is 2.60. The van der Waals surface area contributed by atoms with Gasteiger partial charge in [-0.3, -0.25) is 4.79 Å². The van der Waals surface area contributed by atoms with Crippen molar-refractivity contribution in [2.75, 3.05) is 19.3 Å². The molecule has 0 spiro atoms. The summed E-state index contributed by atoms with van der Waals surface area (Å²) in [7, 11) is 0. The van der Waals surface area contributed by atoms with E-state index < -0.39 is 0 Å². The molecule has 3 nitrogen and oxygen atoms in total. The lowest BCUT2D eigenvalue weighted by Gasteiger charge is -2.12. The zero-order chi connectivity index (χ0) is 10.4. The SMILES string of the molecule is CCNCC(=O)NC1CCC(SC)C1. The van der Waals surface area contributed by atoms with Crippen molar-refractivity contribution >= 4 is 17.7 Å². The van der Waals surface area contributed by atoms with E-state index in [1.165, 1.54) is 6.42 Å². The molecule has 0 aromatic carbocycles. The van der Waals surface area contributed by atoms with Crippen LogP contribution in [-0.2, 0) is 4.79 Å². The van der Waals surface area contributed by atoms with Gasteiger partial charge in [0.05, 0.1) is 6.54 Å². The molecule has 0 aromatic rings. The summed E-state index contributed by atoms with van der Waals surface area (Å²) in [4.78, 5) is 11.4. The number of hydrogen-bond donors (Lipinski definition) is 2. The van der Waals surface area contributed by atoms with Crippen LogP contribution < -0.4 is 10.6 Å². The highest BCUT2D eigenvalue weighted by atomic mass is 32.2. The van der Waals surface area contributed by atoms with E-state index in [-0.39, 0.29) is 5.91 Å². The fraction of sp³-hybridized carbons (Fsp3) is 0.900. The lowest BCUT2D eigenvalue weighted by atomic mass is 10.2. The van der Waals surface area contributed by atoms with Crippen LogP contribution in [0.25, 0.3) is 0 Å². The Hall–Kier alpha value is -0.220. The molecule has 4 heteroatoms. The molecule has 1 amide bonds. The second kappa shape index (κ2) is 6.30. The maximum Gasteiger partial charge on any atom is 0.234 e. The van der Waals surface area contributed by atoms with Crippen LogP contribution in [0.1, 0.15) is 26.2 Å². The number of likely N-dealkylation sites (N-methyl/N-ethyl adjacent to an activating group) is 1. The number of rotatable bonds is 5. The average Bonchev–Trinajstić information content (AvgIpc) is 2.62. The highest BCUT2D eigenvalue weighted by Gasteiger charge is 2.24. The monoisotopic (exact) mass is 216 g/mol. The minimum atomic E-state index is 0.138. The molecule has 0 aromatic heterocycles. The predicted molar refractivity (Wildman–Crippen MR) is 61.6 cm³/mol. The van der Waals surface area contributed by atoms with Crippen LogP contribution in [0.3, 0.4) is 0 Å². The molecule has 2 atom stereocenters. The van der Waals surface area contributed by atoms with Crippen LogP contribution in [0, 0.1) is 0 Å². The molecular formula is C10H20N2OS. The Labute approximate surface area is 90.4 Å². The first-order valence-electron chi connectivity index (χ1n) is 5.29. The standard InChI is InChI=1S/C10H20N2OS/c1-3-11-7-10(13)12-8-4-5-9(6-8)14-2/h8-9,11H,3-7H2,1-2H3,(H,12,13). The van der Waals surface area contributed by atoms with Gasteiger partial charge in [0.15, 0.2) is 0 Å². The topological polar surface area (TPSA) is 41.1 Å². The van der Waals surface area contributed by atoms with E-state index in [2.05, 4.69) is 16.9 Å². The summed E-state index contributed by atoms with van der Waals surface area (Å²) in [6.07, 6.45) is 5.67. The highest BCUT2D eigenvalue weighted by Crippen LogP contribution is 2.27. The molecule has 1 fully saturated rings. The van der Waals surface area contributed by atoms with Crippen LogP contribution in [0.15, 0.2) is 0 Å². The van der Waals surface area contributed by atoms with Gasteiger partial charge in [-0.15, -0.1) is 0 Å². The first-order chi connectivity index (χ1) is 6.76. The molecule has 1 aliphatic rings. The van der Waals surface area contributed by atoms with Gasteiger partial charge in [-0.05, 0) is 32.1 Å². The van der Waals surface area contributed by atoms with Crippen molar-refractivity contribution in [2.24, 2.45) is 0 Å². The maximum atomic E-state index is 11.4. The first kappa shape index (κ1) is 11.9. The van der Waals surface area contributed by atoms with Crippen LogP contribution in [0.4, 0.5) is 0 Å². The number of carbonyl (C=O) groups excluding carboxylic acids is 1. The van der Waals surface area contributed by atoms with Crippen molar-refractivity contribution < 1.29 is 4.79 Å². The molecule has 2 unspecified atom stereocenters. The van der Waals surface area contributed by atoms with E-state index >= 15 is 0 Å². The van der Waals surface area contributed by atoms with Gasteiger partial charge in [0.25, 0.3) is 0 Å². The summed E-state index contributed by atoms with van der Waals surface area (Å²) in [6.45, 7) is 3.31. The van der Waals surface area contributed by atoms with Gasteiger partial charge in [-0.25, -0.2) is 0 Å². The number of nitrogens with one attached hydrogen (secondary N) is 2. The largest absolute Gasteiger partial charge is 0.352 e. The molecule has 1 rings (SSSR count). The van der Waals surface area contributed by atoms with Gasteiger partial charge in [-0.1, -0.05) is 6.92 Å². The van der Waals surface area contributed by atoms with E-state index in [1.807, 2.05) is 18.7 Å². The Balaban J connectivity index is 2.15. The minimum Gasteiger partial charge on any atom is -0.352 e. The molecule has 82 valence electrons. The number of carbonyl (C=O) groups is 1. The van der Waals surface area contributed by atoms with Gasteiger partial charge >= 0.3 is 0 Å². The van der Waals surface area contributed by atoms with Gasteiger partial charge in [-0.2, -0.15) is 11.8 Å². The van der Waals surface area contributed by atoms with Crippen molar-refractivity contribution in [3.63, 3.8) is 0 Å². The third kappa shape index (κ3) is 3.88. The summed E-state index contributed by atoms with van der Waals surface area (Å²) in [5.74, 6) is 0.138. The van der Waals surface area contributed by atoms with Gasteiger partial charge in [0.1, 0.15) is 0 Å². The Morgan fingerprint density at radius 3 is 2.86 bits per heavy atom. The number of thioether (sulfide) groups is 1. The Bertz CT molecular complexity index is 187. The smallest absolute Gasteiger partial charge is 0.234 e. The molecular weight excluding hydrogens is 196 g/mol. The molecule has 1 aliphatic carbocycles. The molecule has 0 aliphatic heterocycles. The second-order valence-electron chi connectivity index (χ2n) is 3.72. The summed E-state index contributed by atoms with van der Waals surface area (Å²) in [6, 6.07) is 0.415. The molecule has 1 saturated carbocycles. The van der Waals surface area contributed by atoms with Crippen LogP contribution >= 0.6 is 11.8 Å². The molecule has 0 radical (unpaired) electrons. The normalized spacial score (nSPS) is 26.4. The maximum absolute atomic E-state index is 11.4. The van der Waals surface area contributed by atoms with Crippen molar-refractivity contribution in [3.8, 4) is 0 Å². The zero-order valence-corrected chi connectivity index (χ0v) is 9.82. The van der Waals surface area contributed by atoms with Crippen molar-refractivity contribution in [1.82, 2.24) is 10.6 Å². The van der Waals surface area contributed by atoms with Gasteiger partial charge in [0, 0.05) is 11.3 Å². The van der Waals surface area contributed by atoms with Gasteiger partial charge < -0.3 is 10.6 Å². The molecule has 14 heavy (non-hydrogen) atoms. The molecule has 0 saturated heterocycles. The van der Waals surface area contributed by atoms with Crippen molar-refractivity contribution in [3.05, 3.63) is 0 Å². The number of hydrogen-bond acceptors (Lipinski definition) is 3. The van der Waals surface area contributed by atoms with E-state index in [0.717, 1.165) is 24.6 Å². The van der Waals surface area contributed by atoms with Gasteiger partial charge in [0.2, 0.25) is 5.91 Å². The minimum absolute atomic E-state index is 0.138.